The minimum absolute atomic E-state index is 0.139. The molecule has 0 unspecified atom stereocenters. The Balaban J connectivity index is 3.33. The number of hydrogen-bond donors (Lipinski definition) is 2. The zero-order valence-corrected chi connectivity index (χ0v) is 12.6. The number of carbonyl (C=O) groups excluding carboxylic acids is 1. The van der Waals surface area contributed by atoms with Gasteiger partial charge < -0.3 is 15.8 Å². The zero-order chi connectivity index (χ0) is 14.4. The maximum atomic E-state index is 11.1. The lowest BCUT2D eigenvalue weighted by Gasteiger charge is -2.12. The van der Waals surface area contributed by atoms with Crippen molar-refractivity contribution in [2.75, 3.05) is 19.5 Å². The fourth-order valence-corrected chi connectivity index (χ4v) is 2.00. The van der Waals surface area contributed by atoms with Crippen LogP contribution in [0.15, 0.2) is 33.9 Å². The summed E-state index contributed by atoms with van der Waals surface area (Å²) in [5.41, 5.74) is 7.55. The molecule has 0 spiro atoms. The van der Waals surface area contributed by atoms with E-state index < -0.39 is 0 Å². The van der Waals surface area contributed by atoms with Gasteiger partial charge >= 0.3 is 0 Å². The second kappa shape index (κ2) is 6.94. The monoisotopic (exact) mass is 325 g/mol. The molecule has 0 fully saturated rings. The Hall–Kier alpha value is -1.82. The van der Waals surface area contributed by atoms with Crippen LogP contribution in [-0.4, -0.2) is 25.8 Å². The summed E-state index contributed by atoms with van der Waals surface area (Å²) in [4.78, 5) is 15.3. The highest BCUT2D eigenvalue weighted by Crippen LogP contribution is 2.27. The van der Waals surface area contributed by atoms with E-state index in [1.807, 2.05) is 0 Å². The molecular formula is C13H16BrN3O2. The number of allylic oxidation sites excluding steroid dienone is 1. The topological polar surface area (TPSA) is 76.7 Å². The van der Waals surface area contributed by atoms with Gasteiger partial charge in [0.15, 0.2) is 0 Å². The van der Waals surface area contributed by atoms with Crippen LogP contribution in [0.3, 0.4) is 0 Å². The van der Waals surface area contributed by atoms with Gasteiger partial charge in [-0.2, -0.15) is 0 Å². The van der Waals surface area contributed by atoms with E-state index in [-0.39, 0.29) is 5.91 Å². The van der Waals surface area contributed by atoms with Gasteiger partial charge in [-0.15, -0.1) is 0 Å². The van der Waals surface area contributed by atoms with Crippen molar-refractivity contribution >= 4 is 33.2 Å². The maximum absolute atomic E-state index is 11.1. The van der Waals surface area contributed by atoms with E-state index in [0.717, 1.165) is 5.56 Å². The first-order valence-corrected chi connectivity index (χ1v) is 6.33. The van der Waals surface area contributed by atoms with Crippen molar-refractivity contribution < 1.29 is 9.53 Å². The SMILES string of the molecule is CN=C(C(Br)=CN)c1cc(NC(C)=O)ccc1OC. The Morgan fingerprint density at radius 2 is 2.21 bits per heavy atom. The number of nitrogens with two attached hydrogens (primary N) is 1. The summed E-state index contributed by atoms with van der Waals surface area (Å²) >= 11 is 3.34. The molecule has 0 radical (unpaired) electrons. The van der Waals surface area contributed by atoms with E-state index in [0.29, 0.717) is 21.6 Å². The molecule has 0 atom stereocenters. The molecule has 1 amide bonds. The number of nitrogens with zero attached hydrogens (tertiary/aromatic N) is 1. The molecule has 0 bridgehead atoms. The van der Waals surface area contributed by atoms with Gasteiger partial charge in [-0.3, -0.25) is 9.79 Å². The molecule has 19 heavy (non-hydrogen) atoms. The first-order chi connectivity index (χ1) is 9.03. The van der Waals surface area contributed by atoms with E-state index in [1.54, 1.807) is 32.4 Å². The van der Waals surface area contributed by atoms with Crippen LogP contribution in [0.1, 0.15) is 12.5 Å². The largest absolute Gasteiger partial charge is 0.496 e. The average Bonchev–Trinajstić information content (AvgIpc) is 2.39. The number of halogens is 1. The van der Waals surface area contributed by atoms with Gasteiger partial charge in [0.25, 0.3) is 0 Å². The highest BCUT2D eigenvalue weighted by Gasteiger charge is 2.13. The Labute approximate surface area is 120 Å². The Kier molecular flexibility index (Phi) is 5.57. The second-order valence-corrected chi connectivity index (χ2v) is 4.54. The van der Waals surface area contributed by atoms with Crippen LogP contribution in [0, 0.1) is 0 Å². The number of carbonyl (C=O) groups is 1. The Morgan fingerprint density at radius 1 is 1.53 bits per heavy atom. The first kappa shape index (κ1) is 15.2. The van der Waals surface area contributed by atoms with Gasteiger partial charge in [0, 0.05) is 31.4 Å². The lowest BCUT2D eigenvalue weighted by atomic mass is 10.1. The third kappa shape index (κ3) is 3.82. The van der Waals surface area contributed by atoms with Gasteiger partial charge in [-0.25, -0.2) is 0 Å². The summed E-state index contributed by atoms with van der Waals surface area (Å²) in [6.45, 7) is 1.45. The fourth-order valence-electron chi connectivity index (χ4n) is 1.61. The van der Waals surface area contributed by atoms with Gasteiger partial charge in [-0.1, -0.05) is 0 Å². The minimum Gasteiger partial charge on any atom is -0.496 e. The van der Waals surface area contributed by atoms with Crippen molar-refractivity contribution in [3.8, 4) is 5.75 Å². The molecule has 0 saturated heterocycles. The summed E-state index contributed by atoms with van der Waals surface area (Å²) < 4.78 is 5.95. The second-order valence-electron chi connectivity index (χ2n) is 3.68. The Bertz CT molecular complexity index is 539. The van der Waals surface area contributed by atoms with Crippen LogP contribution in [0.25, 0.3) is 0 Å². The van der Waals surface area contributed by atoms with E-state index in [4.69, 9.17) is 10.5 Å². The number of nitrogens with one attached hydrogen (secondary N) is 1. The molecule has 0 aromatic heterocycles. The van der Waals surface area contributed by atoms with E-state index in [1.165, 1.54) is 13.1 Å². The number of amides is 1. The molecule has 6 heteroatoms. The van der Waals surface area contributed by atoms with Crippen molar-refractivity contribution in [1.82, 2.24) is 0 Å². The van der Waals surface area contributed by atoms with Gasteiger partial charge in [0.05, 0.1) is 17.3 Å². The zero-order valence-electron chi connectivity index (χ0n) is 11.0. The number of rotatable bonds is 4. The standard InChI is InChI=1S/C13H16BrN3O2/c1-8(18)17-9-4-5-12(19-3)10(6-9)13(16-2)11(14)7-15/h4-7H,15H2,1-3H3,(H,17,18). The van der Waals surface area contributed by atoms with Crippen molar-refractivity contribution in [3.05, 3.63) is 34.4 Å². The van der Waals surface area contributed by atoms with Crippen LogP contribution in [0.5, 0.6) is 5.75 Å². The summed E-state index contributed by atoms with van der Waals surface area (Å²) in [5.74, 6) is 0.507. The van der Waals surface area contributed by atoms with Crippen LogP contribution >= 0.6 is 15.9 Å². The molecule has 0 aliphatic heterocycles. The van der Waals surface area contributed by atoms with Crippen LogP contribution in [0.4, 0.5) is 5.69 Å². The van der Waals surface area contributed by atoms with E-state index in [2.05, 4.69) is 26.2 Å². The Morgan fingerprint density at radius 3 is 2.68 bits per heavy atom. The summed E-state index contributed by atoms with van der Waals surface area (Å²) in [6, 6.07) is 5.31. The maximum Gasteiger partial charge on any atom is 0.221 e. The fraction of sp³-hybridized carbons (Fsp3) is 0.231. The first-order valence-electron chi connectivity index (χ1n) is 5.54. The van der Waals surface area contributed by atoms with E-state index in [9.17, 15) is 4.79 Å². The number of benzene rings is 1. The van der Waals surface area contributed by atoms with Crippen molar-refractivity contribution in [2.45, 2.75) is 6.92 Å². The van der Waals surface area contributed by atoms with Crippen molar-refractivity contribution in [2.24, 2.45) is 10.7 Å². The summed E-state index contributed by atoms with van der Waals surface area (Å²) in [6.07, 6.45) is 1.41. The normalized spacial score (nSPS) is 12.2. The predicted octanol–water partition coefficient (Wildman–Crippen LogP) is 2.27. The molecular weight excluding hydrogens is 310 g/mol. The van der Waals surface area contributed by atoms with Gasteiger partial charge in [-0.05, 0) is 34.1 Å². The molecule has 1 rings (SSSR count). The number of aliphatic imine (C=N–C) groups is 1. The number of anilines is 1. The quantitative estimate of drug-likeness (QED) is 0.833. The number of ether oxygens (including phenoxy) is 1. The smallest absolute Gasteiger partial charge is 0.221 e. The third-order valence-electron chi connectivity index (χ3n) is 2.37. The molecule has 3 N–H and O–H groups in total. The highest BCUT2D eigenvalue weighted by atomic mass is 79.9. The molecule has 102 valence electrons. The molecule has 0 heterocycles. The number of hydrogen-bond acceptors (Lipinski definition) is 4. The van der Waals surface area contributed by atoms with Gasteiger partial charge in [0.1, 0.15) is 5.75 Å². The molecule has 1 aromatic carbocycles. The average molecular weight is 326 g/mol. The third-order valence-corrected chi connectivity index (χ3v) is 3.01. The lowest BCUT2D eigenvalue weighted by Crippen LogP contribution is -2.09. The molecule has 0 aliphatic carbocycles. The van der Waals surface area contributed by atoms with Crippen LogP contribution < -0.4 is 15.8 Å². The lowest BCUT2D eigenvalue weighted by molar-refractivity contribution is -0.114. The molecule has 5 nitrogen and oxygen atoms in total. The molecule has 0 saturated carbocycles. The minimum atomic E-state index is -0.139. The van der Waals surface area contributed by atoms with Gasteiger partial charge in [0.2, 0.25) is 5.91 Å². The van der Waals surface area contributed by atoms with E-state index >= 15 is 0 Å². The van der Waals surface area contributed by atoms with Crippen LogP contribution in [0.2, 0.25) is 0 Å². The predicted molar refractivity (Wildman–Crippen MR) is 81.0 cm³/mol. The molecule has 0 aliphatic rings. The molecule has 1 aromatic rings. The highest BCUT2D eigenvalue weighted by molar-refractivity contribution is 9.12. The summed E-state index contributed by atoms with van der Waals surface area (Å²) in [5, 5.41) is 2.72. The van der Waals surface area contributed by atoms with Crippen molar-refractivity contribution in [1.29, 1.82) is 0 Å². The summed E-state index contributed by atoms with van der Waals surface area (Å²) in [7, 11) is 3.23. The van der Waals surface area contributed by atoms with Crippen LogP contribution in [-0.2, 0) is 4.79 Å². The van der Waals surface area contributed by atoms with Crippen molar-refractivity contribution in [3.63, 3.8) is 0 Å². The number of methoxy groups -OCH3 is 1.